The van der Waals surface area contributed by atoms with Gasteiger partial charge >= 0.3 is 0 Å². The third-order valence-electron chi connectivity index (χ3n) is 4.11. The minimum atomic E-state index is 0.132. The summed E-state index contributed by atoms with van der Waals surface area (Å²) in [4.78, 5) is 4.73. The highest BCUT2D eigenvalue weighted by molar-refractivity contribution is 6.16. The molecule has 3 nitrogen and oxygen atoms in total. The van der Waals surface area contributed by atoms with Crippen LogP contribution in [0.4, 0.5) is 0 Å². The van der Waals surface area contributed by atoms with Crippen LogP contribution in [0.2, 0.25) is 0 Å². The number of nitrogens with zero attached hydrogens (tertiary/aromatic N) is 2. The summed E-state index contributed by atoms with van der Waals surface area (Å²) >= 11 is 6.13. The van der Waals surface area contributed by atoms with E-state index in [0.717, 1.165) is 29.0 Å². The van der Waals surface area contributed by atoms with Gasteiger partial charge in [-0.3, -0.25) is 0 Å². The average molecular weight is 309 g/mol. The molecule has 1 heterocycles. The maximum atomic E-state index is 6.13. The molecular weight excluding hydrogens is 284 g/mol. The summed E-state index contributed by atoms with van der Waals surface area (Å²) in [6, 6.07) is 6.47. The van der Waals surface area contributed by atoms with E-state index >= 15 is 0 Å². The van der Waals surface area contributed by atoms with Crippen LogP contribution < -0.4 is 4.74 Å². The molecule has 0 fully saturated rings. The second-order valence-corrected chi connectivity index (χ2v) is 6.22. The summed E-state index contributed by atoms with van der Waals surface area (Å²) in [5.74, 6) is 2.73. The number of para-hydroxylation sites is 1. The van der Waals surface area contributed by atoms with Crippen molar-refractivity contribution in [3.63, 3.8) is 0 Å². The number of rotatable bonds is 6. The van der Waals surface area contributed by atoms with Gasteiger partial charge in [0.1, 0.15) is 17.1 Å². The maximum Gasteiger partial charge on any atom is 0.147 e. The maximum absolute atomic E-state index is 6.13. The number of imidazole rings is 1. The van der Waals surface area contributed by atoms with Crippen molar-refractivity contribution in [2.24, 2.45) is 5.92 Å². The van der Waals surface area contributed by atoms with Crippen molar-refractivity contribution in [1.29, 1.82) is 0 Å². The Bertz CT molecular complexity index is 606. The predicted molar refractivity (Wildman–Crippen MR) is 89.2 cm³/mol. The van der Waals surface area contributed by atoms with Crippen molar-refractivity contribution in [3.05, 3.63) is 24.0 Å². The smallest absolute Gasteiger partial charge is 0.147 e. The topological polar surface area (TPSA) is 27.1 Å². The molecule has 0 bridgehead atoms. The van der Waals surface area contributed by atoms with Gasteiger partial charge in [-0.05, 0) is 38.8 Å². The summed E-state index contributed by atoms with van der Waals surface area (Å²) in [6.45, 7) is 10.8. The molecule has 2 rings (SSSR count). The van der Waals surface area contributed by atoms with Gasteiger partial charge in [-0.15, -0.1) is 11.6 Å². The van der Waals surface area contributed by atoms with Crippen LogP contribution in [-0.2, 0) is 5.88 Å². The number of aromatic nitrogens is 2. The molecule has 0 aliphatic rings. The van der Waals surface area contributed by atoms with Gasteiger partial charge in [0.25, 0.3) is 0 Å². The molecule has 1 aromatic heterocycles. The van der Waals surface area contributed by atoms with Crippen LogP contribution in [0.15, 0.2) is 18.2 Å². The number of hydrogen-bond donors (Lipinski definition) is 0. The largest absolute Gasteiger partial charge is 0.489 e. The number of benzene rings is 1. The lowest BCUT2D eigenvalue weighted by molar-refractivity contribution is 0.245. The molecule has 4 heteroatoms. The molecule has 0 spiro atoms. The summed E-state index contributed by atoms with van der Waals surface area (Å²) in [6.07, 6.45) is 1.26. The van der Waals surface area contributed by atoms with Crippen LogP contribution in [0.25, 0.3) is 11.0 Å². The Morgan fingerprint density at radius 3 is 2.52 bits per heavy atom. The lowest BCUT2D eigenvalue weighted by Crippen LogP contribution is -2.15. The highest BCUT2D eigenvalue weighted by atomic mass is 35.5. The summed E-state index contributed by atoms with van der Waals surface area (Å²) in [5.41, 5.74) is 2.02. The van der Waals surface area contributed by atoms with Gasteiger partial charge < -0.3 is 9.30 Å². The number of hydrogen-bond acceptors (Lipinski definition) is 2. The molecule has 0 aliphatic carbocycles. The Morgan fingerprint density at radius 1 is 1.24 bits per heavy atom. The highest BCUT2D eigenvalue weighted by Gasteiger charge is 2.21. The van der Waals surface area contributed by atoms with Gasteiger partial charge in [-0.1, -0.05) is 26.3 Å². The number of halogens is 1. The molecule has 2 atom stereocenters. The Kier molecular flexibility index (Phi) is 5.15. The van der Waals surface area contributed by atoms with Crippen molar-refractivity contribution >= 4 is 22.6 Å². The Hall–Kier alpha value is -1.22. The van der Waals surface area contributed by atoms with Crippen LogP contribution >= 0.6 is 11.6 Å². The fraction of sp³-hybridized carbons (Fsp3) is 0.588. The molecule has 0 saturated carbocycles. The van der Waals surface area contributed by atoms with E-state index in [2.05, 4.69) is 31.4 Å². The van der Waals surface area contributed by atoms with Crippen LogP contribution in [0.5, 0.6) is 5.75 Å². The van der Waals surface area contributed by atoms with E-state index in [1.807, 2.05) is 26.0 Å². The average Bonchev–Trinajstić information content (AvgIpc) is 2.84. The lowest BCUT2D eigenvalue weighted by Gasteiger charge is -2.22. The third kappa shape index (κ3) is 3.18. The normalized spacial score (nSPS) is 14.6. The number of ether oxygens (including phenoxy) is 1. The van der Waals surface area contributed by atoms with Gasteiger partial charge in [0, 0.05) is 6.04 Å². The van der Waals surface area contributed by atoms with E-state index in [1.54, 1.807) is 0 Å². The first-order chi connectivity index (χ1) is 9.99. The fourth-order valence-corrected chi connectivity index (χ4v) is 2.82. The van der Waals surface area contributed by atoms with Gasteiger partial charge in [-0.25, -0.2) is 4.98 Å². The first-order valence-corrected chi connectivity index (χ1v) is 8.25. The monoisotopic (exact) mass is 308 g/mol. The lowest BCUT2D eigenvalue weighted by atomic mass is 10.0. The zero-order valence-electron chi connectivity index (χ0n) is 13.6. The minimum absolute atomic E-state index is 0.132. The van der Waals surface area contributed by atoms with Gasteiger partial charge in [-0.2, -0.15) is 0 Å². The molecule has 21 heavy (non-hydrogen) atoms. The van der Waals surface area contributed by atoms with E-state index in [9.17, 15) is 0 Å². The summed E-state index contributed by atoms with van der Waals surface area (Å²) < 4.78 is 8.16. The molecule has 0 saturated heterocycles. The second kappa shape index (κ2) is 6.69. The third-order valence-corrected chi connectivity index (χ3v) is 4.35. The first-order valence-electron chi connectivity index (χ1n) is 7.72. The Labute approximate surface area is 132 Å². The number of fused-ring (bicyclic) bond motifs is 1. The zero-order chi connectivity index (χ0) is 15.6. The number of alkyl halides is 1. The van der Waals surface area contributed by atoms with Crippen LogP contribution in [0, 0.1) is 5.92 Å². The molecule has 116 valence electrons. The van der Waals surface area contributed by atoms with Crippen LogP contribution in [-0.4, -0.2) is 15.7 Å². The SMILES string of the molecule is CCC(C)C(C)n1c(CCl)nc2c(OC(C)C)cccc21. The molecule has 2 aromatic rings. The molecule has 0 radical (unpaired) electrons. The highest BCUT2D eigenvalue weighted by Crippen LogP contribution is 2.32. The van der Waals surface area contributed by atoms with Crippen molar-refractivity contribution in [2.75, 3.05) is 0 Å². The van der Waals surface area contributed by atoms with E-state index in [0.29, 0.717) is 17.8 Å². The van der Waals surface area contributed by atoms with Crippen LogP contribution in [0.3, 0.4) is 0 Å². The van der Waals surface area contributed by atoms with Gasteiger partial charge in [0.05, 0.1) is 17.5 Å². The predicted octanol–water partition coefficient (Wildman–Crippen LogP) is 5.17. The molecule has 1 aromatic carbocycles. The molecular formula is C17H25ClN2O. The van der Waals surface area contributed by atoms with Crippen LogP contribution in [0.1, 0.15) is 52.9 Å². The Morgan fingerprint density at radius 2 is 1.95 bits per heavy atom. The van der Waals surface area contributed by atoms with E-state index < -0.39 is 0 Å². The minimum Gasteiger partial charge on any atom is -0.489 e. The summed E-state index contributed by atoms with van der Waals surface area (Å²) in [7, 11) is 0. The fourth-order valence-electron chi connectivity index (χ4n) is 2.63. The van der Waals surface area contributed by atoms with Crippen molar-refractivity contribution < 1.29 is 4.74 Å². The van der Waals surface area contributed by atoms with Gasteiger partial charge in [0.2, 0.25) is 0 Å². The second-order valence-electron chi connectivity index (χ2n) is 5.95. The molecule has 2 unspecified atom stereocenters. The zero-order valence-corrected chi connectivity index (χ0v) is 14.3. The quantitative estimate of drug-likeness (QED) is 0.688. The van der Waals surface area contributed by atoms with Gasteiger partial charge in [0.15, 0.2) is 0 Å². The van der Waals surface area contributed by atoms with Crippen molar-refractivity contribution in [1.82, 2.24) is 9.55 Å². The van der Waals surface area contributed by atoms with Crippen molar-refractivity contribution in [3.8, 4) is 5.75 Å². The Balaban J connectivity index is 2.59. The standard InChI is InChI=1S/C17H25ClN2O/c1-6-12(4)13(5)20-14-8-7-9-15(21-11(2)3)17(14)19-16(20)10-18/h7-9,11-13H,6,10H2,1-5H3. The molecule has 0 amide bonds. The summed E-state index contributed by atoms with van der Waals surface area (Å²) in [5, 5.41) is 0. The molecule has 0 N–H and O–H groups in total. The van der Waals surface area contributed by atoms with E-state index in [1.165, 1.54) is 0 Å². The van der Waals surface area contributed by atoms with E-state index in [4.69, 9.17) is 21.3 Å². The first kappa shape index (κ1) is 16.2. The molecule has 0 aliphatic heterocycles. The van der Waals surface area contributed by atoms with E-state index in [-0.39, 0.29) is 6.10 Å². The van der Waals surface area contributed by atoms with Crippen molar-refractivity contribution in [2.45, 2.75) is 59.1 Å².